The summed E-state index contributed by atoms with van der Waals surface area (Å²) in [6, 6.07) is -2.91. The lowest BCUT2D eigenvalue weighted by Crippen LogP contribution is -2.56. The van der Waals surface area contributed by atoms with Crippen LogP contribution in [0, 0.1) is 11.3 Å². The molecule has 0 bridgehead atoms. The molecule has 0 aromatic carbocycles. The number of hydrogen-bond donors (Lipinski definition) is 6. The van der Waals surface area contributed by atoms with Gasteiger partial charge in [0.25, 0.3) is 0 Å². The molecule has 7 N–H and O–H groups in total. The number of hydrogen-bond acceptors (Lipinski definition) is 5. The summed E-state index contributed by atoms with van der Waals surface area (Å²) in [6.07, 6.45) is 0.650. The Kier molecular flexibility index (Phi) is 10.7. The Hall–Kier alpha value is -2.92. The van der Waals surface area contributed by atoms with Crippen LogP contribution in [-0.2, 0) is 14.4 Å². The van der Waals surface area contributed by atoms with Crippen molar-refractivity contribution < 1.29 is 28.7 Å². The van der Waals surface area contributed by atoms with Crippen LogP contribution in [0.2, 0.25) is 0 Å². The number of amides is 3. The maximum Gasteiger partial charge on any atom is 0.405 e. The van der Waals surface area contributed by atoms with Gasteiger partial charge in [0.1, 0.15) is 18.8 Å². The van der Waals surface area contributed by atoms with Gasteiger partial charge in [-0.15, -0.1) is 0 Å². The van der Waals surface area contributed by atoms with Crippen LogP contribution < -0.4 is 21.7 Å². The summed E-state index contributed by atoms with van der Waals surface area (Å²) < 4.78 is 13.0. The van der Waals surface area contributed by atoms with E-state index in [-0.39, 0.29) is 31.4 Å². The second kappa shape index (κ2) is 12.7. The van der Waals surface area contributed by atoms with Crippen molar-refractivity contribution in [1.82, 2.24) is 20.9 Å². The van der Waals surface area contributed by atoms with Crippen molar-refractivity contribution >= 4 is 29.7 Å². The molecule has 1 aliphatic heterocycles. The van der Waals surface area contributed by atoms with E-state index in [0.717, 1.165) is 0 Å². The first-order valence-electron chi connectivity index (χ1n) is 10.4. The fourth-order valence-corrected chi connectivity index (χ4v) is 3.50. The Morgan fingerprint density at radius 1 is 1.29 bits per heavy atom. The highest BCUT2D eigenvalue weighted by atomic mass is 19.1. The number of nitrogens with zero attached hydrogens (tertiary/aromatic N) is 1. The lowest BCUT2D eigenvalue weighted by molar-refractivity contribution is -0.141. The highest BCUT2D eigenvalue weighted by molar-refractivity contribution is 5.95. The summed E-state index contributed by atoms with van der Waals surface area (Å²) >= 11 is 0. The standard InChI is InChI=1S/C19H33FN6O5/c1-3-11(2)15(25-19(30)31)17(29)26-9-5-7-13(26)16(28)24-12(14(27)10-20)6-4-8-23-18(21)22/h11-13,15,25H,3-10H2,1-2H3,(H,24,28)(H,30,31)(H4,21,22,23)/t11?,12?,13-,15?/m0/s1. The number of rotatable bonds is 12. The van der Waals surface area contributed by atoms with E-state index in [4.69, 9.17) is 16.2 Å². The van der Waals surface area contributed by atoms with Gasteiger partial charge in [-0.05, 0) is 31.6 Å². The Morgan fingerprint density at radius 3 is 2.52 bits per heavy atom. The van der Waals surface area contributed by atoms with Gasteiger partial charge < -0.3 is 31.7 Å². The van der Waals surface area contributed by atoms with Gasteiger partial charge in [-0.25, -0.2) is 9.18 Å². The number of ketones is 1. The molecular formula is C19H33FN6O5. The molecule has 0 aromatic heterocycles. The van der Waals surface area contributed by atoms with Crippen LogP contribution >= 0.6 is 0 Å². The maximum absolute atomic E-state index is 13.0. The van der Waals surface area contributed by atoms with Crippen LogP contribution in [0.3, 0.4) is 0 Å². The zero-order chi connectivity index (χ0) is 23.6. The molecule has 0 spiro atoms. The molecular weight excluding hydrogens is 411 g/mol. The first-order chi connectivity index (χ1) is 14.6. The highest BCUT2D eigenvalue weighted by Gasteiger charge is 2.40. The van der Waals surface area contributed by atoms with Crippen LogP contribution in [0.25, 0.3) is 0 Å². The molecule has 31 heavy (non-hydrogen) atoms. The number of carbonyl (C=O) groups is 4. The SMILES string of the molecule is CCC(C)C(NC(=O)O)C(=O)N1CCC[C@H]1C(=O)NC(CCCNC(=N)N)C(=O)CF. The Morgan fingerprint density at radius 2 is 1.97 bits per heavy atom. The lowest BCUT2D eigenvalue weighted by atomic mass is 9.97. The van der Waals surface area contributed by atoms with Crippen LogP contribution in [0.1, 0.15) is 46.0 Å². The first-order valence-corrected chi connectivity index (χ1v) is 10.4. The van der Waals surface area contributed by atoms with E-state index in [1.165, 1.54) is 4.90 Å². The number of alkyl halides is 1. The minimum absolute atomic E-state index is 0.144. The second-order valence-corrected chi connectivity index (χ2v) is 7.65. The second-order valence-electron chi connectivity index (χ2n) is 7.65. The van der Waals surface area contributed by atoms with Gasteiger partial charge in [-0.2, -0.15) is 0 Å². The molecule has 1 heterocycles. The molecule has 11 nitrogen and oxygen atoms in total. The number of halogens is 1. The van der Waals surface area contributed by atoms with Gasteiger partial charge in [-0.1, -0.05) is 20.3 Å². The molecule has 0 aliphatic carbocycles. The minimum Gasteiger partial charge on any atom is -0.465 e. The Labute approximate surface area is 180 Å². The predicted molar refractivity (Wildman–Crippen MR) is 111 cm³/mol. The van der Waals surface area contributed by atoms with Crippen molar-refractivity contribution in [2.75, 3.05) is 19.8 Å². The Balaban J connectivity index is 2.85. The molecule has 0 radical (unpaired) electrons. The zero-order valence-corrected chi connectivity index (χ0v) is 17.9. The fraction of sp³-hybridized carbons (Fsp3) is 0.737. The monoisotopic (exact) mass is 444 g/mol. The van der Waals surface area contributed by atoms with E-state index >= 15 is 0 Å². The smallest absolute Gasteiger partial charge is 0.405 e. The molecule has 3 unspecified atom stereocenters. The van der Waals surface area contributed by atoms with E-state index in [1.54, 1.807) is 6.92 Å². The zero-order valence-electron chi connectivity index (χ0n) is 17.9. The molecule has 1 fully saturated rings. The number of Topliss-reactive ketones (excluding diaryl/α,β-unsaturated/α-hetero) is 1. The molecule has 1 saturated heterocycles. The number of carboxylic acid groups (broad SMARTS) is 1. The van der Waals surface area contributed by atoms with E-state index in [0.29, 0.717) is 25.7 Å². The molecule has 4 atom stereocenters. The van der Waals surface area contributed by atoms with Crippen molar-refractivity contribution in [3.8, 4) is 0 Å². The van der Waals surface area contributed by atoms with Gasteiger partial charge >= 0.3 is 6.09 Å². The van der Waals surface area contributed by atoms with Crippen LogP contribution in [0.4, 0.5) is 9.18 Å². The summed E-state index contributed by atoms with van der Waals surface area (Å²) in [5, 5.41) is 23.5. The molecule has 3 amide bonds. The molecule has 0 saturated carbocycles. The average Bonchev–Trinajstić information content (AvgIpc) is 3.22. The van der Waals surface area contributed by atoms with Crippen molar-refractivity contribution in [2.45, 2.75) is 64.1 Å². The number of likely N-dealkylation sites (tertiary alicyclic amines) is 1. The quantitative estimate of drug-likeness (QED) is 0.139. The fourth-order valence-electron chi connectivity index (χ4n) is 3.50. The van der Waals surface area contributed by atoms with Crippen molar-refractivity contribution in [3.05, 3.63) is 0 Å². The number of nitrogens with one attached hydrogen (secondary N) is 4. The number of carbonyl (C=O) groups excluding carboxylic acids is 3. The van der Waals surface area contributed by atoms with Gasteiger partial charge in [0.05, 0.1) is 6.04 Å². The molecule has 12 heteroatoms. The summed E-state index contributed by atoms with van der Waals surface area (Å²) in [5.74, 6) is -2.35. The third kappa shape index (κ3) is 8.02. The number of nitrogens with two attached hydrogens (primary N) is 1. The summed E-state index contributed by atoms with van der Waals surface area (Å²) in [5.41, 5.74) is 5.18. The third-order valence-electron chi connectivity index (χ3n) is 5.42. The third-order valence-corrected chi connectivity index (χ3v) is 5.42. The van der Waals surface area contributed by atoms with E-state index in [2.05, 4.69) is 16.0 Å². The van der Waals surface area contributed by atoms with Crippen molar-refractivity contribution in [3.63, 3.8) is 0 Å². The average molecular weight is 445 g/mol. The van der Waals surface area contributed by atoms with Gasteiger partial charge in [0, 0.05) is 13.1 Å². The molecule has 176 valence electrons. The van der Waals surface area contributed by atoms with Gasteiger partial charge in [-0.3, -0.25) is 19.8 Å². The van der Waals surface area contributed by atoms with E-state index in [1.807, 2.05) is 6.92 Å². The van der Waals surface area contributed by atoms with Gasteiger partial charge in [0.15, 0.2) is 11.7 Å². The maximum atomic E-state index is 13.0. The predicted octanol–water partition coefficient (Wildman–Crippen LogP) is -0.0536. The van der Waals surface area contributed by atoms with Crippen molar-refractivity contribution in [1.29, 1.82) is 5.41 Å². The van der Waals surface area contributed by atoms with Crippen LogP contribution in [-0.4, -0.2) is 77.5 Å². The summed E-state index contributed by atoms with van der Waals surface area (Å²) in [6.45, 7) is 2.91. The topological polar surface area (TPSA) is 178 Å². The van der Waals surface area contributed by atoms with Crippen LogP contribution in [0.15, 0.2) is 0 Å². The Bertz CT molecular complexity index is 676. The van der Waals surface area contributed by atoms with Crippen molar-refractivity contribution in [2.24, 2.45) is 11.7 Å². The first kappa shape index (κ1) is 26.1. The lowest BCUT2D eigenvalue weighted by Gasteiger charge is -2.31. The van der Waals surface area contributed by atoms with Gasteiger partial charge in [0.2, 0.25) is 11.8 Å². The number of guanidine groups is 1. The minimum atomic E-state index is -1.33. The van der Waals surface area contributed by atoms with E-state index < -0.39 is 48.5 Å². The molecule has 0 aromatic rings. The molecule has 1 aliphatic rings. The summed E-state index contributed by atoms with van der Waals surface area (Å²) in [4.78, 5) is 50.2. The normalized spacial score (nSPS) is 18.5. The van der Waals surface area contributed by atoms with E-state index in [9.17, 15) is 23.6 Å². The summed E-state index contributed by atoms with van der Waals surface area (Å²) in [7, 11) is 0. The highest BCUT2D eigenvalue weighted by Crippen LogP contribution is 2.22. The largest absolute Gasteiger partial charge is 0.465 e. The van der Waals surface area contributed by atoms with Crippen LogP contribution in [0.5, 0.6) is 0 Å². The molecule has 1 rings (SSSR count).